The van der Waals surface area contributed by atoms with Crippen LogP contribution in [0.5, 0.6) is 0 Å². The monoisotopic (exact) mass is 364 g/mol. The third-order valence-corrected chi connectivity index (χ3v) is 5.79. The van der Waals surface area contributed by atoms with Gasteiger partial charge in [0.25, 0.3) is 5.91 Å². The summed E-state index contributed by atoms with van der Waals surface area (Å²) in [5.41, 5.74) is 8.32. The average molecular weight is 365 g/mol. The second kappa shape index (κ2) is 9.71. The maximum absolute atomic E-state index is 14.3. The third-order valence-electron chi connectivity index (χ3n) is 3.35. The molecule has 2 aromatic rings. The molecule has 2 aromatic carbocycles. The molecule has 0 spiro atoms. The highest BCUT2D eigenvalue weighted by molar-refractivity contribution is 8.76. The molecule has 0 aliphatic heterocycles. The number of amides is 1. The van der Waals surface area contributed by atoms with E-state index in [0.717, 1.165) is 28.2 Å². The first kappa shape index (κ1) is 18.8. The van der Waals surface area contributed by atoms with Crippen molar-refractivity contribution in [3.05, 3.63) is 59.4 Å². The number of aryl methyl sites for hydroxylation is 1. The number of nitrogens with two attached hydrogens (primary N) is 1. The Morgan fingerprint density at radius 3 is 2.42 bits per heavy atom. The van der Waals surface area contributed by atoms with Crippen LogP contribution in [-0.2, 0) is 0 Å². The van der Waals surface area contributed by atoms with Gasteiger partial charge in [0.2, 0.25) is 0 Å². The predicted molar refractivity (Wildman–Crippen MR) is 103 cm³/mol. The molecule has 0 saturated carbocycles. The van der Waals surface area contributed by atoms with Crippen LogP contribution in [0.1, 0.15) is 15.9 Å². The minimum absolute atomic E-state index is 0.0745. The topological polar surface area (TPSA) is 55.1 Å². The summed E-state index contributed by atoms with van der Waals surface area (Å²) in [5.74, 6) is 0.760. The van der Waals surface area contributed by atoms with Crippen molar-refractivity contribution in [3.8, 4) is 11.1 Å². The molecule has 0 saturated heterocycles. The Kier molecular flexibility index (Phi) is 7.62. The number of hydrogen-bond acceptors (Lipinski definition) is 4. The average Bonchev–Trinajstić information content (AvgIpc) is 2.58. The van der Waals surface area contributed by atoms with Crippen molar-refractivity contribution in [2.24, 2.45) is 5.73 Å². The van der Waals surface area contributed by atoms with E-state index in [2.05, 4.69) is 5.32 Å². The molecule has 0 aromatic heterocycles. The van der Waals surface area contributed by atoms with Crippen molar-refractivity contribution >= 4 is 27.5 Å². The molecule has 24 heavy (non-hydrogen) atoms. The number of rotatable bonds is 8. The van der Waals surface area contributed by atoms with Gasteiger partial charge in [0.15, 0.2) is 0 Å². The highest BCUT2D eigenvalue weighted by Crippen LogP contribution is 2.23. The van der Waals surface area contributed by atoms with Gasteiger partial charge in [-0.1, -0.05) is 57.5 Å². The standard InChI is InChI=1S/C18H21FN2OS2/c1-13-2-4-14(5-3-13)15-6-7-16(17(19)12-15)18(22)21-9-11-24-23-10-8-20/h2-7,12H,8-11,20H2,1H3,(H,21,22). The summed E-state index contributed by atoms with van der Waals surface area (Å²) < 4.78 is 14.3. The van der Waals surface area contributed by atoms with Crippen molar-refractivity contribution in [1.29, 1.82) is 0 Å². The van der Waals surface area contributed by atoms with E-state index in [1.807, 2.05) is 31.2 Å². The molecule has 0 radical (unpaired) electrons. The smallest absolute Gasteiger partial charge is 0.254 e. The van der Waals surface area contributed by atoms with Crippen molar-refractivity contribution in [2.75, 3.05) is 24.6 Å². The summed E-state index contributed by atoms with van der Waals surface area (Å²) in [6.07, 6.45) is 0. The minimum Gasteiger partial charge on any atom is -0.351 e. The molecule has 0 bridgehead atoms. The third kappa shape index (κ3) is 5.54. The molecule has 0 heterocycles. The maximum Gasteiger partial charge on any atom is 0.254 e. The first-order chi connectivity index (χ1) is 11.6. The van der Waals surface area contributed by atoms with Gasteiger partial charge in [-0.25, -0.2) is 4.39 Å². The number of carbonyl (C=O) groups excluding carboxylic acids is 1. The minimum atomic E-state index is -0.504. The SMILES string of the molecule is Cc1ccc(-c2ccc(C(=O)NCCSSCCN)c(F)c2)cc1. The molecule has 0 atom stereocenters. The van der Waals surface area contributed by atoms with Crippen molar-refractivity contribution < 1.29 is 9.18 Å². The fourth-order valence-corrected chi connectivity index (χ4v) is 3.86. The normalized spacial score (nSPS) is 10.6. The Morgan fingerprint density at radius 2 is 1.75 bits per heavy atom. The van der Waals surface area contributed by atoms with E-state index in [1.165, 1.54) is 12.1 Å². The van der Waals surface area contributed by atoms with Crippen LogP contribution >= 0.6 is 21.6 Å². The number of nitrogens with one attached hydrogen (secondary N) is 1. The molecule has 3 nitrogen and oxygen atoms in total. The summed E-state index contributed by atoms with van der Waals surface area (Å²) in [4.78, 5) is 12.1. The van der Waals surface area contributed by atoms with E-state index >= 15 is 0 Å². The molecule has 6 heteroatoms. The van der Waals surface area contributed by atoms with Crippen LogP contribution in [0.3, 0.4) is 0 Å². The molecule has 3 N–H and O–H groups in total. The van der Waals surface area contributed by atoms with Crippen LogP contribution in [0.25, 0.3) is 11.1 Å². The van der Waals surface area contributed by atoms with Crippen LogP contribution in [0.2, 0.25) is 0 Å². The van der Waals surface area contributed by atoms with Crippen LogP contribution in [0.4, 0.5) is 4.39 Å². The molecule has 2 rings (SSSR count). The largest absolute Gasteiger partial charge is 0.351 e. The molecule has 0 aliphatic carbocycles. The summed E-state index contributed by atoms with van der Waals surface area (Å²) in [6, 6.07) is 12.6. The molecular weight excluding hydrogens is 343 g/mol. The molecule has 0 unspecified atom stereocenters. The Balaban J connectivity index is 1.94. The maximum atomic E-state index is 14.3. The number of benzene rings is 2. The van der Waals surface area contributed by atoms with E-state index < -0.39 is 5.82 Å². The van der Waals surface area contributed by atoms with Gasteiger partial charge in [0.05, 0.1) is 5.56 Å². The van der Waals surface area contributed by atoms with E-state index in [9.17, 15) is 9.18 Å². The second-order valence-corrected chi connectivity index (χ2v) is 7.95. The Morgan fingerprint density at radius 1 is 1.08 bits per heavy atom. The zero-order chi connectivity index (χ0) is 17.4. The molecule has 0 aliphatic rings. The summed E-state index contributed by atoms with van der Waals surface area (Å²) in [5, 5.41) is 2.74. The lowest BCUT2D eigenvalue weighted by Gasteiger charge is -2.08. The molecule has 0 fully saturated rings. The predicted octanol–water partition coefficient (Wildman–Crippen LogP) is 3.87. The Hall–Kier alpha value is -1.50. The van der Waals surface area contributed by atoms with E-state index in [4.69, 9.17) is 5.73 Å². The lowest BCUT2D eigenvalue weighted by atomic mass is 10.0. The van der Waals surface area contributed by atoms with Gasteiger partial charge in [-0.05, 0) is 30.2 Å². The summed E-state index contributed by atoms with van der Waals surface area (Å²) in [7, 11) is 3.32. The number of halogens is 1. The van der Waals surface area contributed by atoms with Crippen LogP contribution in [0.15, 0.2) is 42.5 Å². The first-order valence-electron chi connectivity index (χ1n) is 7.71. The zero-order valence-electron chi connectivity index (χ0n) is 13.5. The lowest BCUT2D eigenvalue weighted by molar-refractivity contribution is 0.0952. The van der Waals surface area contributed by atoms with Crippen molar-refractivity contribution in [2.45, 2.75) is 6.92 Å². The van der Waals surface area contributed by atoms with Gasteiger partial charge >= 0.3 is 0 Å². The number of carbonyl (C=O) groups is 1. The van der Waals surface area contributed by atoms with E-state index in [-0.39, 0.29) is 11.5 Å². The zero-order valence-corrected chi connectivity index (χ0v) is 15.2. The van der Waals surface area contributed by atoms with Gasteiger partial charge < -0.3 is 11.1 Å². The van der Waals surface area contributed by atoms with Crippen LogP contribution in [0, 0.1) is 12.7 Å². The molecule has 1 amide bonds. The first-order valence-corrected chi connectivity index (χ1v) is 10.2. The summed E-state index contributed by atoms with van der Waals surface area (Å²) in [6.45, 7) is 3.15. The molecule has 128 valence electrons. The van der Waals surface area contributed by atoms with Gasteiger partial charge in [-0.15, -0.1) is 0 Å². The lowest BCUT2D eigenvalue weighted by Crippen LogP contribution is -2.26. The highest BCUT2D eigenvalue weighted by Gasteiger charge is 2.12. The van der Waals surface area contributed by atoms with E-state index in [0.29, 0.717) is 13.1 Å². The van der Waals surface area contributed by atoms with Gasteiger partial charge in [0.1, 0.15) is 5.82 Å². The Labute approximate surface area is 150 Å². The van der Waals surface area contributed by atoms with Gasteiger partial charge in [0, 0.05) is 24.6 Å². The van der Waals surface area contributed by atoms with E-state index in [1.54, 1.807) is 27.7 Å². The second-order valence-electron chi connectivity index (χ2n) is 5.25. The van der Waals surface area contributed by atoms with Gasteiger partial charge in [-0.3, -0.25) is 4.79 Å². The highest BCUT2D eigenvalue weighted by atomic mass is 33.1. The summed E-state index contributed by atoms with van der Waals surface area (Å²) >= 11 is 0. The van der Waals surface area contributed by atoms with Crippen molar-refractivity contribution in [1.82, 2.24) is 5.32 Å². The number of hydrogen-bond donors (Lipinski definition) is 2. The fourth-order valence-electron chi connectivity index (χ4n) is 2.09. The van der Waals surface area contributed by atoms with Gasteiger partial charge in [-0.2, -0.15) is 0 Å². The van der Waals surface area contributed by atoms with Crippen LogP contribution < -0.4 is 11.1 Å². The quantitative estimate of drug-likeness (QED) is 0.551. The fraction of sp³-hybridized carbons (Fsp3) is 0.278. The molecular formula is C18H21FN2OS2. The van der Waals surface area contributed by atoms with Crippen molar-refractivity contribution in [3.63, 3.8) is 0 Å². The van der Waals surface area contributed by atoms with Crippen LogP contribution in [-0.4, -0.2) is 30.5 Å². The Bertz CT molecular complexity index is 677.